The van der Waals surface area contributed by atoms with Crippen LogP contribution in [0.1, 0.15) is 11.3 Å². The van der Waals surface area contributed by atoms with Gasteiger partial charge in [-0.05, 0) is 49.4 Å². The number of aromatic hydroxyl groups is 2. The van der Waals surface area contributed by atoms with Crippen molar-refractivity contribution in [1.82, 2.24) is 14.0 Å². The van der Waals surface area contributed by atoms with E-state index in [1.165, 1.54) is 23.6 Å². The van der Waals surface area contributed by atoms with Crippen LogP contribution >= 0.6 is 11.3 Å². The SMILES string of the molecule is Cc1c(N=c2scc(-c3ccc4c(c3)NC(=O)CO4)n2N=Cc2cccc(O)c2O)c(=O)n(-c2ccccc2)n1C. The number of aromatic nitrogens is 3. The minimum absolute atomic E-state index is 0.0531. The fourth-order valence-corrected chi connectivity index (χ4v) is 5.32. The number of rotatable bonds is 5. The van der Waals surface area contributed by atoms with Gasteiger partial charge in [0.2, 0.25) is 4.80 Å². The average molecular weight is 569 g/mol. The van der Waals surface area contributed by atoms with E-state index in [0.717, 1.165) is 0 Å². The van der Waals surface area contributed by atoms with Gasteiger partial charge < -0.3 is 20.3 Å². The van der Waals surface area contributed by atoms with Crippen LogP contribution < -0.4 is 20.4 Å². The molecular weight excluding hydrogens is 544 g/mol. The Morgan fingerprint density at radius 3 is 2.66 bits per heavy atom. The number of nitrogens with one attached hydrogen (secondary N) is 1. The lowest BCUT2D eigenvalue weighted by Gasteiger charge is -2.18. The van der Waals surface area contributed by atoms with Gasteiger partial charge in [-0.2, -0.15) is 5.10 Å². The zero-order chi connectivity index (χ0) is 28.7. The van der Waals surface area contributed by atoms with Crippen LogP contribution in [0, 0.1) is 6.92 Å². The summed E-state index contributed by atoms with van der Waals surface area (Å²) >= 11 is 1.27. The first-order valence-corrected chi connectivity index (χ1v) is 13.4. The van der Waals surface area contributed by atoms with Gasteiger partial charge in [0.25, 0.3) is 11.5 Å². The Morgan fingerprint density at radius 2 is 1.85 bits per heavy atom. The normalized spacial score (nSPS) is 13.3. The number of phenolic OH excluding ortho intramolecular Hbond substituents is 2. The highest BCUT2D eigenvalue weighted by atomic mass is 32.1. The molecule has 206 valence electrons. The van der Waals surface area contributed by atoms with Crippen LogP contribution in [0.3, 0.4) is 0 Å². The molecule has 41 heavy (non-hydrogen) atoms. The molecule has 0 fully saturated rings. The van der Waals surface area contributed by atoms with Crippen LogP contribution in [0.5, 0.6) is 17.2 Å². The number of anilines is 1. The van der Waals surface area contributed by atoms with Crippen molar-refractivity contribution in [2.75, 3.05) is 11.9 Å². The first-order valence-electron chi connectivity index (χ1n) is 12.5. The molecule has 3 N–H and O–H groups in total. The van der Waals surface area contributed by atoms with E-state index < -0.39 is 0 Å². The third-order valence-corrected chi connectivity index (χ3v) is 7.50. The molecule has 12 heteroatoms. The van der Waals surface area contributed by atoms with Gasteiger partial charge in [-0.1, -0.05) is 24.3 Å². The Labute approximate surface area is 237 Å². The number of thiazole rings is 1. The third kappa shape index (κ3) is 4.70. The Kier molecular flexibility index (Phi) is 6.52. The van der Waals surface area contributed by atoms with Crippen molar-refractivity contribution in [2.45, 2.75) is 6.92 Å². The minimum Gasteiger partial charge on any atom is -0.504 e. The van der Waals surface area contributed by atoms with Gasteiger partial charge in [-0.3, -0.25) is 14.3 Å². The van der Waals surface area contributed by atoms with Crippen LogP contribution in [0.15, 0.2) is 87.0 Å². The van der Waals surface area contributed by atoms with Crippen LogP contribution in [0.4, 0.5) is 11.4 Å². The Bertz CT molecular complexity index is 1970. The highest BCUT2D eigenvalue weighted by Gasteiger charge is 2.19. The van der Waals surface area contributed by atoms with Crippen molar-refractivity contribution >= 4 is 34.8 Å². The molecule has 3 aromatic carbocycles. The van der Waals surface area contributed by atoms with Crippen LogP contribution in [0.25, 0.3) is 16.9 Å². The molecule has 1 aliphatic heterocycles. The molecule has 0 radical (unpaired) electrons. The first-order chi connectivity index (χ1) is 19.8. The molecule has 0 unspecified atom stereocenters. The maximum Gasteiger partial charge on any atom is 0.297 e. The molecular formula is C29H24N6O5S. The molecule has 0 aliphatic carbocycles. The lowest BCUT2D eigenvalue weighted by molar-refractivity contribution is -0.118. The molecule has 2 aromatic heterocycles. The van der Waals surface area contributed by atoms with Gasteiger partial charge in [-0.25, -0.2) is 14.4 Å². The largest absolute Gasteiger partial charge is 0.504 e. The second-order valence-electron chi connectivity index (χ2n) is 9.24. The summed E-state index contributed by atoms with van der Waals surface area (Å²) in [4.78, 5) is 30.6. The maximum atomic E-state index is 13.5. The summed E-state index contributed by atoms with van der Waals surface area (Å²) in [5.41, 5.74) is 3.45. The molecule has 6 rings (SSSR count). The number of phenols is 2. The summed E-state index contributed by atoms with van der Waals surface area (Å²) < 4.78 is 10.3. The molecule has 0 saturated heterocycles. The summed E-state index contributed by atoms with van der Waals surface area (Å²) in [6.07, 6.45) is 1.40. The van der Waals surface area contributed by atoms with E-state index in [-0.39, 0.29) is 40.8 Å². The van der Waals surface area contributed by atoms with Gasteiger partial charge >= 0.3 is 0 Å². The smallest absolute Gasteiger partial charge is 0.297 e. The Hall–Kier alpha value is -5.36. The molecule has 0 saturated carbocycles. The van der Waals surface area contributed by atoms with Crippen LogP contribution in [-0.4, -0.2) is 43.0 Å². The Balaban J connectivity index is 1.53. The zero-order valence-electron chi connectivity index (χ0n) is 22.0. The van der Waals surface area contributed by atoms with Crippen molar-refractivity contribution < 1.29 is 19.7 Å². The minimum atomic E-state index is -0.314. The predicted molar refractivity (Wildman–Crippen MR) is 156 cm³/mol. The number of amides is 1. The second kappa shape index (κ2) is 10.3. The number of fused-ring (bicyclic) bond motifs is 1. The van der Waals surface area contributed by atoms with Gasteiger partial charge in [0, 0.05) is 23.6 Å². The van der Waals surface area contributed by atoms with Crippen LogP contribution in [0.2, 0.25) is 0 Å². The number of carbonyl (C=O) groups is 1. The number of nitrogens with zero attached hydrogens (tertiary/aromatic N) is 5. The van der Waals surface area contributed by atoms with Crippen molar-refractivity contribution in [3.63, 3.8) is 0 Å². The van der Waals surface area contributed by atoms with E-state index in [1.807, 2.05) is 48.7 Å². The summed E-state index contributed by atoms with van der Waals surface area (Å²) in [6.45, 7) is 1.77. The standard InChI is InChI=1S/C29H24N6O5S/c1-17-26(28(39)35(33(17)2)20-8-4-3-5-9-20)32-29-34(30-14-19-7-6-10-23(36)27(19)38)22(16-41-29)18-11-12-24-21(13-18)31-25(37)15-40-24/h3-14,16,36,38H,15H2,1-2H3,(H,31,37). The van der Waals surface area contributed by atoms with E-state index in [0.29, 0.717) is 38.9 Å². The molecule has 0 atom stereocenters. The lowest BCUT2D eigenvalue weighted by atomic mass is 10.1. The van der Waals surface area contributed by atoms with Gasteiger partial charge in [-0.15, -0.1) is 11.3 Å². The molecule has 11 nitrogen and oxygen atoms in total. The number of benzene rings is 3. The number of hydrogen-bond acceptors (Lipinski definition) is 8. The fraction of sp³-hybridized carbons (Fsp3) is 0.103. The summed E-state index contributed by atoms with van der Waals surface area (Å²) in [5.74, 6) is -0.295. The van der Waals surface area contributed by atoms with E-state index in [4.69, 9.17) is 9.73 Å². The lowest BCUT2D eigenvalue weighted by Crippen LogP contribution is -2.25. The van der Waals surface area contributed by atoms with E-state index >= 15 is 0 Å². The third-order valence-electron chi connectivity index (χ3n) is 6.68. The highest BCUT2D eigenvalue weighted by Crippen LogP contribution is 2.33. The van der Waals surface area contributed by atoms with Crippen molar-refractivity contribution in [1.29, 1.82) is 0 Å². The topological polar surface area (TPSA) is 135 Å². The first kappa shape index (κ1) is 25.9. The van der Waals surface area contributed by atoms with E-state index in [2.05, 4.69) is 10.4 Å². The second-order valence-corrected chi connectivity index (χ2v) is 10.1. The van der Waals surface area contributed by atoms with Gasteiger partial charge in [0.15, 0.2) is 23.8 Å². The Morgan fingerprint density at radius 1 is 1.05 bits per heavy atom. The summed E-state index contributed by atoms with van der Waals surface area (Å²) in [7, 11) is 1.79. The van der Waals surface area contributed by atoms with Crippen molar-refractivity contribution in [2.24, 2.45) is 17.1 Å². The highest BCUT2D eigenvalue weighted by molar-refractivity contribution is 7.07. The van der Waals surface area contributed by atoms with Gasteiger partial charge in [0.1, 0.15) is 5.75 Å². The zero-order valence-corrected chi connectivity index (χ0v) is 22.8. The molecule has 1 amide bonds. The molecule has 1 aliphatic rings. The maximum absolute atomic E-state index is 13.5. The van der Waals surface area contributed by atoms with E-state index in [9.17, 15) is 19.8 Å². The van der Waals surface area contributed by atoms with Crippen molar-refractivity contribution in [3.8, 4) is 34.2 Å². The molecule has 3 heterocycles. The molecule has 0 spiro atoms. The number of para-hydroxylation sites is 2. The quantitative estimate of drug-likeness (QED) is 0.219. The van der Waals surface area contributed by atoms with Crippen LogP contribution in [-0.2, 0) is 11.8 Å². The van der Waals surface area contributed by atoms with Gasteiger partial charge in [0.05, 0.1) is 29.0 Å². The van der Waals surface area contributed by atoms with E-state index in [1.54, 1.807) is 45.4 Å². The summed E-state index contributed by atoms with van der Waals surface area (Å²) in [6, 6.07) is 19.2. The molecule has 0 bridgehead atoms. The number of hydrogen-bond donors (Lipinski definition) is 3. The number of ether oxygens (including phenoxy) is 1. The monoisotopic (exact) mass is 568 g/mol. The average Bonchev–Trinajstić information content (AvgIpc) is 3.47. The number of carbonyl (C=O) groups excluding carboxylic acids is 1. The van der Waals surface area contributed by atoms with Crippen molar-refractivity contribution in [3.05, 3.63) is 98.5 Å². The molecule has 5 aromatic rings. The fourth-order valence-electron chi connectivity index (χ4n) is 4.48. The summed E-state index contributed by atoms with van der Waals surface area (Å²) in [5, 5.41) is 29.5. The predicted octanol–water partition coefficient (Wildman–Crippen LogP) is 3.87.